The highest BCUT2D eigenvalue weighted by Gasteiger charge is 2.48. The first kappa shape index (κ1) is 20.4. The van der Waals surface area contributed by atoms with Crippen LogP contribution in [-0.2, 0) is 17.3 Å². The van der Waals surface area contributed by atoms with Crippen LogP contribution in [0.2, 0.25) is 0 Å². The van der Waals surface area contributed by atoms with Crippen molar-refractivity contribution in [3.63, 3.8) is 0 Å². The van der Waals surface area contributed by atoms with Gasteiger partial charge in [0.15, 0.2) is 17.0 Å². The van der Waals surface area contributed by atoms with Gasteiger partial charge in [0.2, 0.25) is 11.7 Å². The maximum Gasteiger partial charge on any atom is 0.289 e. The Kier molecular flexibility index (Phi) is 4.65. The van der Waals surface area contributed by atoms with E-state index in [1.165, 1.54) is 6.33 Å². The summed E-state index contributed by atoms with van der Waals surface area (Å²) in [7, 11) is 3.58. The van der Waals surface area contributed by atoms with Crippen molar-refractivity contribution in [3.05, 3.63) is 42.0 Å². The van der Waals surface area contributed by atoms with E-state index < -0.39 is 5.41 Å². The van der Waals surface area contributed by atoms with Crippen molar-refractivity contribution in [1.82, 2.24) is 24.4 Å². The number of carbonyl (C=O) groups is 2. The van der Waals surface area contributed by atoms with E-state index in [1.54, 1.807) is 23.6 Å². The van der Waals surface area contributed by atoms with Gasteiger partial charge >= 0.3 is 0 Å². The third-order valence-electron chi connectivity index (χ3n) is 6.97. The summed E-state index contributed by atoms with van der Waals surface area (Å²) in [5, 5.41) is 3.04. The van der Waals surface area contributed by atoms with E-state index in [2.05, 4.69) is 25.2 Å². The van der Waals surface area contributed by atoms with E-state index in [0.29, 0.717) is 48.7 Å². The third-order valence-corrected chi connectivity index (χ3v) is 6.97. The molecular weight excluding hydrogens is 406 g/mol. The van der Waals surface area contributed by atoms with Crippen molar-refractivity contribution < 1.29 is 9.59 Å². The zero-order valence-electron chi connectivity index (χ0n) is 18.8. The predicted octanol–water partition coefficient (Wildman–Crippen LogP) is 2.33. The number of imidazole rings is 1. The first-order valence-electron chi connectivity index (χ1n) is 10.9. The van der Waals surface area contributed by atoms with Crippen molar-refractivity contribution in [1.29, 1.82) is 0 Å². The van der Waals surface area contributed by atoms with Crippen LogP contribution >= 0.6 is 0 Å². The molecule has 32 heavy (non-hydrogen) atoms. The second-order valence-electron chi connectivity index (χ2n) is 8.94. The van der Waals surface area contributed by atoms with Crippen LogP contribution in [-0.4, -0.2) is 62.4 Å². The number of aromatic nitrogens is 4. The molecule has 3 aromatic rings. The molecule has 9 heteroatoms. The summed E-state index contributed by atoms with van der Waals surface area (Å²) >= 11 is 0. The fourth-order valence-electron chi connectivity index (χ4n) is 4.77. The number of hydrogen-bond donors (Lipinski definition) is 1. The van der Waals surface area contributed by atoms with E-state index in [-0.39, 0.29) is 17.9 Å². The number of hydrogen-bond acceptors (Lipinski definition) is 6. The Morgan fingerprint density at radius 3 is 2.62 bits per heavy atom. The number of carbonyl (C=O) groups excluding carboxylic acids is 2. The zero-order valence-corrected chi connectivity index (χ0v) is 18.8. The Morgan fingerprint density at radius 2 is 1.91 bits per heavy atom. The Bertz CT molecular complexity index is 1220. The first-order valence-corrected chi connectivity index (χ1v) is 10.9. The third kappa shape index (κ3) is 2.87. The molecule has 166 valence electrons. The maximum absolute atomic E-state index is 12.9. The van der Waals surface area contributed by atoms with Gasteiger partial charge in [0, 0.05) is 38.9 Å². The topological polar surface area (TPSA) is 96.2 Å². The Hall–Kier alpha value is -3.49. The number of fused-ring (bicyclic) bond motifs is 3. The maximum atomic E-state index is 12.9. The summed E-state index contributed by atoms with van der Waals surface area (Å²) in [5.41, 5.74) is 2.74. The van der Waals surface area contributed by atoms with Crippen LogP contribution in [0.3, 0.4) is 0 Å². The highest BCUT2D eigenvalue weighted by Crippen LogP contribution is 2.45. The van der Waals surface area contributed by atoms with Crippen LogP contribution in [0.4, 0.5) is 11.5 Å². The summed E-state index contributed by atoms with van der Waals surface area (Å²) in [6, 6.07) is 8.01. The van der Waals surface area contributed by atoms with Gasteiger partial charge in [0.05, 0.1) is 5.41 Å². The molecule has 4 heterocycles. The van der Waals surface area contributed by atoms with Crippen molar-refractivity contribution in [3.8, 4) is 0 Å². The Morgan fingerprint density at radius 1 is 1.19 bits per heavy atom. The lowest BCUT2D eigenvalue weighted by molar-refractivity contribution is -0.121. The van der Waals surface area contributed by atoms with Crippen LogP contribution < -0.4 is 10.2 Å². The molecule has 2 aliphatic heterocycles. The van der Waals surface area contributed by atoms with E-state index in [4.69, 9.17) is 0 Å². The van der Waals surface area contributed by atoms with Gasteiger partial charge in [-0.1, -0.05) is 18.2 Å². The van der Waals surface area contributed by atoms with Crippen LogP contribution in [0.15, 0.2) is 30.6 Å². The summed E-state index contributed by atoms with van der Waals surface area (Å²) in [6.45, 7) is 5.26. The Labute approximate surface area is 186 Å². The zero-order chi connectivity index (χ0) is 22.6. The van der Waals surface area contributed by atoms with Gasteiger partial charge in [0.25, 0.3) is 5.91 Å². The molecule has 0 radical (unpaired) electrons. The number of para-hydroxylation sites is 1. The highest BCUT2D eigenvalue weighted by atomic mass is 16.2. The lowest BCUT2D eigenvalue weighted by Crippen LogP contribution is -2.46. The second kappa shape index (κ2) is 7.29. The fraction of sp³-hybridized carbons (Fsp3) is 0.435. The number of piperidine rings is 1. The molecule has 0 aliphatic carbocycles. The molecule has 1 saturated heterocycles. The minimum atomic E-state index is -0.496. The molecule has 0 unspecified atom stereocenters. The van der Waals surface area contributed by atoms with E-state index in [0.717, 1.165) is 11.3 Å². The normalized spacial score (nSPS) is 17.2. The van der Waals surface area contributed by atoms with Gasteiger partial charge in [-0.05, 0) is 38.3 Å². The molecule has 1 fully saturated rings. The molecule has 2 amide bonds. The predicted molar refractivity (Wildman–Crippen MR) is 122 cm³/mol. The molecule has 9 nitrogen and oxygen atoms in total. The van der Waals surface area contributed by atoms with Crippen molar-refractivity contribution >= 4 is 34.5 Å². The second-order valence-corrected chi connectivity index (χ2v) is 8.94. The number of anilines is 2. The van der Waals surface area contributed by atoms with E-state index in [9.17, 15) is 9.59 Å². The van der Waals surface area contributed by atoms with Gasteiger partial charge < -0.3 is 19.7 Å². The summed E-state index contributed by atoms with van der Waals surface area (Å²) < 4.78 is 1.73. The Balaban J connectivity index is 1.46. The smallest absolute Gasteiger partial charge is 0.289 e. The van der Waals surface area contributed by atoms with Crippen molar-refractivity contribution in [2.24, 2.45) is 7.05 Å². The number of nitrogens with one attached hydrogen (secondary N) is 1. The lowest BCUT2D eigenvalue weighted by atomic mass is 9.73. The molecule has 0 saturated carbocycles. The molecule has 0 bridgehead atoms. The highest BCUT2D eigenvalue weighted by molar-refractivity contribution is 6.06. The number of benzene rings is 1. The van der Waals surface area contributed by atoms with Crippen molar-refractivity contribution in [2.75, 3.05) is 30.4 Å². The summed E-state index contributed by atoms with van der Waals surface area (Å²) in [6.07, 6.45) is 2.90. The van der Waals surface area contributed by atoms with E-state index in [1.807, 2.05) is 38.1 Å². The largest absolute Gasteiger partial charge is 0.355 e. The van der Waals surface area contributed by atoms with Gasteiger partial charge in [-0.25, -0.2) is 15.0 Å². The first-order chi connectivity index (χ1) is 15.3. The standard InChI is InChI=1S/C23H27N7O2/c1-14(2)28(3)21(31)20-27-17-18(29(20)4)24-13-25-19(17)30-11-9-23(10-12-30)15-7-5-6-8-16(15)26-22(23)32/h5-8,13-14H,9-12H2,1-4H3,(H,26,32). The van der Waals surface area contributed by atoms with Crippen LogP contribution in [0, 0.1) is 0 Å². The average Bonchev–Trinajstić information content (AvgIpc) is 3.28. The van der Waals surface area contributed by atoms with Gasteiger partial charge in [-0.3, -0.25) is 9.59 Å². The molecule has 5 rings (SSSR count). The number of aryl methyl sites for hydroxylation is 1. The molecule has 2 aromatic heterocycles. The minimum Gasteiger partial charge on any atom is -0.355 e. The van der Waals surface area contributed by atoms with Crippen LogP contribution in [0.1, 0.15) is 42.9 Å². The van der Waals surface area contributed by atoms with Crippen LogP contribution in [0.5, 0.6) is 0 Å². The quantitative estimate of drug-likeness (QED) is 0.681. The monoisotopic (exact) mass is 433 g/mol. The minimum absolute atomic E-state index is 0.0617. The number of amides is 2. The molecule has 1 N–H and O–H groups in total. The van der Waals surface area contributed by atoms with Gasteiger partial charge in [-0.15, -0.1) is 0 Å². The fourth-order valence-corrected chi connectivity index (χ4v) is 4.77. The molecule has 2 aliphatic rings. The van der Waals surface area contributed by atoms with E-state index >= 15 is 0 Å². The SMILES string of the molecule is CC(C)N(C)C(=O)c1nc2c(N3CCC4(CC3)C(=O)Nc3ccccc34)ncnc2n1C. The van der Waals surface area contributed by atoms with Crippen molar-refractivity contribution in [2.45, 2.75) is 38.1 Å². The summed E-state index contributed by atoms with van der Waals surface area (Å²) in [4.78, 5) is 43.2. The molecule has 0 atom stereocenters. The summed E-state index contributed by atoms with van der Waals surface area (Å²) in [5.74, 6) is 0.978. The lowest BCUT2D eigenvalue weighted by Gasteiger charge is -2.38. The molecule has 1 aromatic carbocycles. The average molecular weight is 434 g/mol. The number of nitrogens with zero attached hydrogens (tertiary/aromatic N) is 6. The van der Waals surface area contributed by atoms with Crippen LogP contribution in [0.25, 0.3) is 11.2 Å². The molecular formula is C23H27N7O2. The molecule has 1 spiro atoms. The number of rotatable bonds is 3. The van der Waals surface area contributed by atoms with Gasteiger partial charge in [0.1, 0.15) is 6.33 Å². The van der Waals surface area contributed by atoms with Gasteiger partial charge in [-0.2, -0.15) is 0 Å².